The van der Waals surface area contributed by atoms with Gasteiger partial charge in [-0.05, 0) is 0 Å². The molecule has 0 fully saturated rings. The normalized spacial score (nSPS) is 11.0. The molecule has 130 valence electrons. The summed E-state index contributed by atoms with van der Waals surface area (Å²) in [7, 11) is 0. The Kier molecular flexibility index (Phi) is 6.25. The fraction of sp³-hybridized carbons (Fsp3) is 0. The molecule has 0 heterocycles. The van der Waals surface area contributed by atoms with Gasteiger partial charge in [0.15, 0.2) is 0 Å². The third kappa shape index (κ3) is 4.61. The van der Waals surface area contributed by atoms with Gasteiger partial charge in [-0.15, -0.1) is 0 Å². The SMILES string of the molecule is c1cc[c]([Ge]([O][Ge]([c]2ccccc2)[c]2ccccc2)[c]2ccccc2)cc1. The topological polar surface area (TPSA) is 9.23 Å². The molecule has 1 nitrogen and oxygen atoms in total. The first-order valence-electron chi connectivity index (χ1n) is 9.05. The van der Waals surface area contributed by atoms with Gasteiger partial charge in [0.1, 0.15) is 0 Å². The third-order valence-electron chi connectivity index (χ3n) is 4.35. The summed E-state index contributed by atoms with van der Waals surface area (Å²) in [6.45, 7) is 0. The number of benzene rings is 4. The predicted octanol–water partition coefficient (Wildman–Crippen LogP) is 2.61. The van der Waals surface area contributed by atoms with Crippen LogP contribution in [-0.2, 0) is 2.79 Å². The minimum absolute atomic E-state index is 1.36. The van der Waals surface area contributed by atoms with Crippen molar-refractivity contribution in [1.29, 1.82) is 0 Å². The molecule has 4 rings (SSSR count). The van der Waals surface area contributed by atoms with Crippen LogP contribution in [0.3, 0.4) is 0 Å². The standard InChI is InChI=1S/C24H20Ge2O/c1-5-13-21(14-6-1)25(22-15-7-2-8-16-22)27-26(23-17-9-3-10-18-23)24-19-11-4-12-20-24/h1-20H. The van der Waals surface area contributed by atoms with Crippen LogP contribution < -0.4 is 17.6 Å². The van der Waals surface area contributed by atoms with E-state index in [-0.39, 0.29) is 0 Å². The average molecular weight is 470 g/mol. The Morgan fingerprint density at radius 3 is 0.778 bits per heavy atom. The number of hydrogen-bond acceptors (Lipinski definition) is 1. The Bertz CT molecular complexity index is 785. The first kappa shape index (κ1) is 18.3. The van der Waals surface area contributed by atoms with Crippen molar-refractivity contribution in [2.24, 2.45) is 0 Å². The quantitative estimate of drug-likeness (QED) is 0.395. The van der Waals surface area contributed by atoms with Gasteiger partial charge < -0.3 is 0 Å². The van der Waals surface area contributed by atoms with Gasteiger partial charge in [-0.1, -0.05) is 0 Å². The van der Waals surface area contributed by atoms with Crippen LogP contribution in [0.2, 0.25) is 0 Å². The third-order valence-corrected chi connectivity index (χ3v) is 16.9. The van der Waals surface area contributed by atoms with E-state index in [4.69, 9.17) is 2.79 Å². The second-order valence-corrected chi connectivity index (χ2v) is 16.5. The van der Waals surface area contributed by atoms with Gasteiger partial charge in [-0.3, -0.25) is 0 Å². The molecule has 0 aliphatic rings. The van der Waals surface area contributed by atoms with Crippen LogP contribution in [0.5, 0.6) is 0 Å². The maximum absolute atomic E-state index is 7.13. The molecule has 0 spiro atoms. The second kappa shape index (κ2) is 9.22. The van der Waals surface area contributed by atoms with E-state index in [1.165, 1.54) is 17.6 Å². The van der Waals surface area contributed by atoms with Crippen molar-refractivity contribution < 1.29 is 2.79 Å². The Hall–Kier alpha value is -2.07. The summed E-state index contributed by atoms with van der Waals surface area (Å²) in [6, 6.07) is 43.2. The van der Waals surface area contributed by atoms with Gasteiger partial charge >= 0.3 is 171 Å². The Morgan fingerprint density at radius 1 is 0.333 bits per heavy atom. The molecule has 0 saturated carbocycles. The van der Waals surface area contributed by atoms with Crippen LogP contribution >= 0.6 is 0 Å². The molecule has 4 aromatic rings. The number of hydrogen-bond donors (Lipinski definition) is 0. The van der Waals surface area contributed by atoms with Crippen LogP contribution in [0.4, 0.5) is 0 Å². The summed E-state index contributed by atoms with van der Waals surface area (Å²) in [5.74, 6) is 0. The van der Waals surface area contributed by atoms with E-state index in [1.807, 2.05) is 0 Å². The van der Waals surface area contributed by atoms with E-state index in [2.05, 4.69) is 121 Å². The minimum atomic E-state index is -2.12. The fourth-order valence-corrected chi connectivity index (χ4v) is 17.4. The van der Waals surface area contributed by atoms with Crippen molar-refractivity contribution in [2.45, 2.75) is 0 Å². The predicted molar refractivity (Wildman–Crippen MR) is 117 cm³/mol. The van der Waals surface area contributed by atoms with Crippen molar-refractivity contribution in [3.63, 3.8) is 0 Å². The summed E-state index contributed by atoms with van der Waals surface area (Å²) >= 11 is -4.23. The van der Waals surface area contributed by atoms with Crippen molar-refractivity contribution >= 4 is 47.0 Å². The Balaban J connectivity index is 1.77. The van der Waals surface area contributed by atoms with E-state index in [0.717, 1.165) is 0 Å². The van der Waals surface area contributed by atoms with Crippen molar-refractivity contribution in [3.05, 3.63) is 121 Å². The van der Waals surface area contributed by atoms with Crippen LogP contribution in [-0.4, -0.2) is 29.4 Å². The van der Waals surface area contributed by atoms with E-state index in [1.54, 1.807) is 0 Å². The van der Waals surface area contributed by atoms with Gasteiger partial charge in [0, 0.05) is 0 Å². The van der Waals surface area contributed by atoms with Crippen molar-refractivity contribution in [2.75, 3.05) is 0 Å². The first-order chi connectivity index (χ1) is 13.4. The summed E-state index contributed by atoms with van der Waals surface area (Å²) in [5.41, 5.74) is 0. The molecule has 0 N–H and O–H groups in total. The summed E-state index contributed by atoms with van der Waals surface area (Å²) in [6.07, 6.45) is 0. The molecular formula is C24H20Ge2O. The van der Waals surface area contributed by atoms with Crippen LogP contribution in [0.25, 0.3) is 0 Å². The first-order valence-corrected chi connectivity index (χ1v) is 15.0. The van der Waals surface area contributed by atoms with E-state index in [0.29, 0.717) is 0 Å². The molecule has 0 aliphatic heterocycles. The van der Waals surface area contributed by atoms with Crippen molar-refractivity contribution in [3.8, 4) is 0 Å². The molecule has 0 unspecified atom stereocenters. The number of rotatable bonds is 6. The molecule has 0 bridgehead atoms. The maximum atomic E-state index is 7.13. The van der Waals surface area contributed by atoms with Crippen LogP contribution in [0, 0.1) is 0 Å². The Morgan fingerprint density at radius 2 is 0.556 bits per heavy atom. The van der Waals surface area contributed by atoms with Crippen LogP contribution in [0.15, 0.2) is 121 Å². The van der Waals surface area contributed by atoms with Crippen LogP contribution in [0.1, 0.15) is 0 Å². The molecule has 3 heteroatoms. The molecule has 0 aliphatic carbocycles. The average Bonchev–Trinajstić information content (AvgIpc) is 2.77. The van der Waals surface area contributed by atoms with E-state index < -0.39 is 29.4 Å². The molecule has 27 heavy (non-hydrogen) atoms. The monoisotopic (exact) mass is 472 g/mol. The molecule has 0 atom stereocenters. The van der Waals surface area contributed by atoms with Crippen molar-refractivity contribution in [1.82, 2.24) is 0 Å². The zero-order valence-corrected chi connectivity index (χ0v) is 19.2. The molecule has 0 saturated heterocycles. The molecule has 2 radical (unpaired) electrons. The summed E-state index contributed by atoms with van der Waals surface area (Å²) in [4.78, 5) is 0. The van der Waals surface area contributed by atoms with E-state index in [9.17, 15) is 0 Å². The van der Waals surface area contributed by atoms with Gasteiger partial charge in [-0.25, -0.2) is 0 Å². The molecular weight excluding hydrogens is 449 g/mol. The molecule has 4 aromatic carbocycles. The molecule has 0 amide bonds. The Labute approximate surface area is 170 Å². The van der Waals surface area contributed by atoms with Gasteiger partial charge in [0.25, 0.3) is 0 Å². The zero-order chi connectivity index (χ0) is 18.3. The van der Waals surface area contributed by atoms with Gasteiger partial charge in [0.2, 0.25) is 0 Å². The van der Waals surface area contributed by atoms with E-state index >= 15 is 0 Å². The second-order valence-electron chi connectivity index (χ2n) is 6.22. The fourth-order valence-electron chi connectivity index (χ4n) is 3.03. The van der Waals surface area contributed by atoms with Gasteiger partial charge in [0.05, 0.1) is 0 Å². The zero-order valence-electron chi connectivity index (χ0n) is 15.0. The molecule has 0 aromatic heterocycles. The summed E-state index contributed by atoms with van der Waals surface area (Å²) in [5, 5.41) is 0. The summed E-state index contributed by atoms with van der Waals surface area (Å²) < 4.78 is 12.6. The van der Waals surface area contributed by atoms with Gasteiger partial charge in [-0.2, -0.15) is 0 Å².